The number of carbonyl (C=O) groups is 1. The fourth-order valence-corrected chi connectivity index (χ4v) is 3.39. The number of aryl methyl sites for hydroxylation is 2. The molecular formula is C19H25FN4O. The van der Waals surface area contributed by atoms with E-state index in [1.807, 2.05) is 35.1 Å². The summed E-state index contributed by atoms with van der Waals surface area (Å²) in [5.41, 5.74) is 2.19. The van der Waals surface area contributed by atoms with Crippen molar-refractivity contribution in [1.29, 1.82) is 0 Å². The number of benzene rings is 1. The molecule has 0 bridgehead atoms. The fourth-order valence-electron chi connectivity index (χ4n) is 3.39. The number of nitrogens with one attached hydrogen (secondary N) is 1. The van der Waals surface area contributed by atoms with Gasteiger partial charge in [0, 0.05) is 32.9 Å². The van der Waals surface area contributed by atoms with E-state index in [9.17, 15) is 9.18 Å². The van der Waals surface area contributed by atoms with Crippen molar-refractivity contribution >= 4 is 6.03 Å². The van der Waals surface area contributed by atoms with Gasteiger partial charge in [-0.3, -0.25) is 4.68 Å². The van der Waals surface area contributed by atoms with Crippen LogP contribution in [0.1, 0.15) is 24.0 Å². The molecule has 3 rings (SSSR count). The van der Waals surface area contributed by atoms with E-state index in [4.69, 9.17) is 0 Å². The molecule has 6 heteroatoms. The Morgan fingerprint density at radius 1 is 1.40 bits per heavy atom. The molecule has 1 aliphatic rings. The number of likely N-dealkylation sites (tertiary alicyclic amines) is 1. The monoisotopic (exact) mass is 344 g/mol. The van der Waals surface area contributed by atoms with Gasteiger partial charge in [-0.25, -0.2) is 9.18 Å². The average Bonchev–Trinajstić information content (AvgIpc) is 3.21. The first-order chi connectivity index (χ1) is 12.1. The summed E-state index contributed by atoms with van der Waals surface area (Å²) in [6.45, 7) is 2.21. The molecule has 1 aromatic heterocycles. The van der Waals surface area contributed by atoms with E-state index in [0.717, 1.165) is 44.3 Å². The molecule has 134 valence electrons. The lowest BCUT2D eigenvalue weighted by molar-refractivity contribution is 0.207. The number of carbonyl (C=O) groups excluding carboxylic acids is 1. The Hall–Kier alpha value is -2.37. The summed E-state index contributed by atoms with van der Waals surface area (Å²) in [4.78, 5) is 14.1. The molecule has 2 heterocycles. The first-order valence-electron chi connectivity index (χ1n) is 8.85. The second kappa shape index (κ2) is 8.14. The smallest absolute Gasteiger partial charge is 0.317 e. The van der Waals surface area contributed by atoms with Crippen molar-refractivity contribution in [2.24, 2.45) is 13.0 Å². The van der Waals surface area contributed by atoms with E-state index in [1.165, 1.54) is 11.6 Å². The van der Waals surface area contributed by atoms with Crippen LogP contribution in [0.15, 0.2) is 36.7 Å². The van der Waals surface area contributed by atoms with E-state index < -0.39 is 0 Å². The van der Waals surface area contributed by atoms with E-state index >= 15 is 0 Å². The van der Waals surface area contributed by atoms with E-state index in [0.29, 0.717) is 12.5 Å². The third-order valence-electron chi connectivity index (χ3n) is 4.66. The minimum absolute atomic E-state index is 0.00734. The largest absolute Gasteiger partial charge is 0.338 e. The molecule has 0 aliphatic carbocycles. The second-order valence-corrected chi connectivity index (χ2v) is 6.79. The van der Waals surface area contributed by atoms with Crippen molar-refractivity contribution in [3.63, 3.8) is 0 Å². The third kappa shape index (κ3) is 5.05. The van der Waals surface area contributed by atoms with Gasteiger partial charge >= 0.3 is 6.03 Å². The summed E-state index contributed by atoms with van der Waals surface area (Å²) in [6.07, 6.45) is 7.51. The van der Waals surface area contributed by atoms with Gasteiger partial charge in [-0.15, -0.1) is 0 Å². The lowest BCUT2D eigenvalue weighted by Crippen LogP contribution is -2.39. The van der Waals surface area contributed by atoms with Gasteiger partial charge in [0.15, 0.2) is 0 Å². The maximum atomic E-state index is 13.1. The first kappa shape index (κ1) is 17.5. The number of rotatable bonds is 6. The molecule has 0 spiro atoms. The molecule has 1 saturated heterocycles. The fraction of sp³-hybridized carbons (Fsp3) is 0.474. The molecule has 1 N–H and O–H groups in total. The molecule has 1 fully saturated rings. The highest BCUT2D eigenvalue weighted by molar-refractivity contribution is 5.74. The van der Waals surface area contributed by atoms with Crippen molar-refractivity contribution in [3.8, 4) is 0 Å². The molecular weight excluding hydrogens is 319 g/mol. The molecule has 25 heavy (non-hydrogen) atoms. The lowest BCUT2D eigenvalue weighted by Gasteiger charge is -2.17. The van der Waals surface area contributed by atoms with Crippen LogP contribution in [0, 0.1) is 11.7 Å². The third-order valence-corrected chi connectivity index (χ3v) is 4.66. The maximum absolute atomic E-state index is 13.1. The zero-order valence-electron chi connectivity index (χ0n) is 14.6. The van der Waals surface area contributed by atoms with E-state index in [-0.39, 0.29) is 11.8 Å². The first-order valence-corrected chi connectivity index (χ1v) is 8.85. The van der Waals surface area contributed by atoms with Crippen molar-refractivity contribution in [2.45, 2.75) is 25.7 Å². The summed E-state index contributed by atoms with van der Waals surface area (Å²) < 4.78 is 14.9. The van der Waals surface area contributed by atoms with Gasteiger partial charge < -0.3 is 10.2 Å². The predicted molar refractivity (Wildman–Crippen MR) is 94.7 cm³/mol. The van der Waals surface area contributed by atoms with Gasteiger partial charge in [0.1, 0.15) is 5.82 Å². The molecule has 1 aromatic carbocycles. The van der Waals surface area contributed by atoms with Crippen molar-refractivity contribution in [1.82, 2.24) is 20.0 Å². The van der Waals surface area contributed by atoms with Crippen molar-refractivity contribution in [3.05, 3.63) is 53.6 Å². The molecule has 0 saturated carbocycles. The highest BCUT2D eigenvalue weighted by Crippen LogP contribution is 2.20. The normalized spacial score (nSPS) is 17.0. The number of amides is 2. The van der Waals surface area contributed by atoms with Crippen LogP contribution in [0.4, 0.5) is 9.18 Å². The Bertz CT molecular complexity index is 715. The van der Waals surface area contributed by atoms with Gasteiger partial charge in [-0.1, -0.05) is 12.1 Å². The van der Waals surface area contributed by atoms with Crippen LogP contribution in [0.5, 0.6) is 0 Å². The summed E-state index contributed by atoms with van der Waals surface area (Å²) in [6, 6.07) is 6.63. The molecule has 2 amide bonds. The van der Waals surface area contributed by atoms with Gasteiger partial charge in [0.25, 0.3) is 0 Å². The predicted octanol–water partition coefficient (Wildman–Crippen LogP) is 2.77. The zero-order valence-corrected chi connectivity index (χ0v) is 14.6. The van der Waals surface area contributed by atoms with Crippen molar-refractivity contribution < 1.29 is 9.18 Å². The van der Waals surface area contributed by atoms with Gasteiger partial charge in [0.2, 0.25) is 0 Å². The van der Waals surface area contributed by atoms with Crippen LogP contribution < -0.4 is 5.32 Å². The highest BCUT2D eigenvalue weighted by atomic mass is 19.1. The summed E-state index contributed by atoms with van der Waals surface area (Å²) in [5.74, 6) is 0.292. The maximum Gasteiger partial charge on any atom is 0.317 e. The average molecular weight is 344 g/mol. The zero-order chi connectivity index (χ0) is 17.6. The van der Waals surface area contributed by atoms with Gasteiger partial charge in [-0.2, -0.15) is 5.10 Å². The van der Waals surface area contributed by atoms with E-state index in [2.05, 4.69) is 10.4 Å². The molecule has 1 atom stereocenters. The Balaban J connectivity index is 1.36. The Morgan fingerprint density at radius 3 is 3.04 bits per heavy atom. The van der Waals surface area contributed by atoms with Crippen LogP contribution in [-0.2, 0) is 19.9 Å². The SMILES string of the molecule is Cn1cc(C[C@H]2CCN(C(=O)NCCCc3cccc(F)c3)C2)cn1. The number of aromatic nitrogens is 2. The molecule has 5 nitrogen and oxygen atoms in total. The minimum atomic E-state index is -0.210. The topological polar surface area (TPSA) is 50.2 Å². The van der Waals surface area contributed by atoms with Crippen LogP contribution in [-0.4, -0.2) is 40.3 Å². The Labute approximate surface area is 147 Å². The molecule has 2 aromatic rings. The van der Waals surface area contributed by atoms with Crippen LogP contribution >= 0.6 is 0 Å². The van der Waals surface area contributed by atoms with E-state index in [1.54, 1.807) is 12.1 Å². The second-order valence-electron chi connectivity index (χ2n) is 6.79. The molecule has 0 radical (unpaired) electrons. The van der Waals surface area contributed by atoms with Crippen LogP contribution in [0.3, 0.4) is 0 Å². The number of urea groups is 1. The number of nitrogens with zero attached hydrogens (tertiary/aromatic N) is 3. The van der Waals surface area contributed by atoms with Crippen molar-refractivity contribution in [2.75, 3.05) is 19.6 Å². The van der Waals surface area contributed by atoms with Gasteiger partial charge in [0.05, 0.1) is 6.20 Å². The molecule has 0 unspecified atom stereocenters. The van der Waals surface area contributed by atoms with Crippen LogP contribution in [0.25, 0.3) is 0 Å². The molecule has 1 aliphatic heterocycles. The summed E-state index contributed by atoms with van der Waals surface area (Å²) in [5, 5.41) is 7.17. The quantitative estimate of drug-likeness (QED) is 0.819. The Morgan fingerprint density at radius 2 is 2.28 bits per heavy atom. The Kier molecular flexibility index (Phi) is 5.68. The lowest BCUT2D eigenvalue weighted by atomic mass is 10.0. The highest BCUT2D eigenvalue weighted by Gasteiger charge is 2.26. The van der Waals surface area contributed by atoms with Gasteiger partial charge in [-0.05, 0) is 54.9 Å². The number of hydrogen-bond acceptors (Lipinski definition) is 2. The van der Waals surface area contributed by atoms with Crippen LogP contribution in [0.2, 0.25) is 0 Å². The standard InChI is InChI=1S/C19H25FN4O/c1-23-13-17(12-22-23)10-16-7-9-24(14-16)19(25)21-8-3-5-15-4-2-6-18(20)11-15/h2,4,6,11-13,16H,3,5,7-10,14H2,1H3,(H,21,25)/t16-/m1/s1. The summed E-state index contributed by atoms with van der Waals surface area (Å²) >= 11 is 0. The minimum Gasteiger partial charge on any atom is -0.338 e. The number of halogens is 1. The summed E-state index contributed by atoms with van der Waals surface area (Å²) in [7, 11) is 1.92. The number of hydrogen-bond donors (Lipinski definition) is 1.